The van der Waals surface area contributed by atoms with Crippen LogP contribution in [0.25, 0.3) is 0 Å². The van der Waals surface area contributed by atoms with E-state index in [1.807, 2.05) is 30.3 Å². The van der Waals surface area contributed by atoms with Gasteiger partial charge in [0.1, 0.15) is 17.7 Å². The summed E-state index contributed by atoms with van der Waals surface area (Å²) in [6.07, 6.45) is 3.12. The largest absolute Gasteiger partial charge is 0.460 e. The number of carbonyl (C=O) groups is 4. The maximum Gasteiger partial charge on any atom is 0.312 e. The number of allylic oxidation sites excluding steroid dienone is 1. The van der Waals surface area contributed by atoms with Crippen LogP contribution in [0.5, 0.6) is 0 Å². The molecule has 10 nitrogen and oxygen atoms in total. The van der Waals surface area contributed by atoms with Crippen molar-refractivity contribution in [3.63, 3.8) is 0 Å². The van der Waals surface area contributed by atoms with E-state index in [-0.39, 0.29) is 43.1 Å². The van der Waals surface area contributed by atoms with Gasteiger partial charge in [-0.3, -0.25) is 19.2 Å². The van der Waals surface area contributed by atoms with Crippen molar-refractivity contribution < 1.29 is 33.8 Å². The number of amides is 3. The molecule has 256 valence electrons. The number of benzene rings is 2. The van der Waals surface area contributed by atoms with Crippen LogP contribution in [-0.4, -0.2) is 88.1 Å². The van der Waals surface area contributed by atoms with Crippen molar-refractivity contribution in [2.45, 2.75) is 67.3 Å². The van der Waals surface area contributed by atoms with Gasteiger partial charge in [0, 0.05) is 17.8 Å². The molecule has 3 saturated heterocycles. The average Bonchev–Trinajstić information content (AvgIpc) is 3.68. The van der Waals surface area contributed by atoms with E-state index in [0.29, 0.717) is 17.1 Å². The summed E-state index contributed by atoms with van der Waals surface area (Å²) in [5.41, 5.74) is -0.102. The molecule has 12 heteroatoms. The van der Waals surface area contributed by atoms with E-state index in [0.717, 1.165) is 5.56 Å². The van der Waals surface area contributed by atoms with Gasteiger partial charge in [-0.25, -0.2) is 0 Å². The van der Waals surface area contributed by atoms with E-state index < -0.39 is 66.1 Å². The molecule has 48 heavy (non-hydrogen) atoms. The number of fused-ring (bicyclic) bond motifs is 1. The number of likely N-dealkylation sites (tertiary alicyclic amines) is 1. The summed E-state index contributed by atoms with van der Waals surface area (Å²) in [6, 6.07) is 14.3. The first-order chi connectivity index (χ1) is 23.1. The van der Waals surface area contributed by atoms with Crippen LogP contribution >= 0.6 is 27.5 Å². The van der Waals surface area contributed by atoms with Gasteiger partial charge >= 0.3 is 5.97 Å². The molecule has 3 aliphatic heterocycles. The number of para-hydroxylation sites is 1. The van der Waals surface area contributed by atoms with E-state index in [1.165, 1.54) is 9.80 Å². The molecule has 0 aliphatic carbocycles. The molecular formula is C36H41BrClN3O7. The van der Waals surface area contributed by atoms with Crippen molar-refractivity contribution >= 4 is 56.9 Å². The summed E-state index contributed by atoms with van der Waals surface area (Å²) in [5.74, 6) is -3.85. The van der Waals surface area contributed by atoms with Crippen LogP contribution in [0, 0.1) is 11.8 Å². The molecule has 1 unspecified atom stereocenters. The minimum absolute atomic E-state index is 0.0900. The quantitative estimate of drug-likeness (QED) is 0.159. The molecule has 1 spiro atoms. The van der Waals surface area contributed by atoms with Gasteiger partial charge in [0.15, 0.2) is 0 Å². The van der Waals surface area contributed by atoms with Crippen LogP contribution < -0.4 is 10.2 Å². The number of ether oxygens (including phenoxy) is 2. The second-order valence-electron chi connectivity index (χ2n) is 12.5. The van der Waals surface area contributed by atoms with Gasteiger partial charge in [0.05, 0.1) is 47.8 Å². The SMILES string of the molecule is C=CCCC(=O)NC[C@H](C)OC(=O)[C@@H]1[C@H]2O[C@@]3(CC2Br)[C@H](C(=O)N(CC=C)c2ccccc2Cl)N([C@@H](CO)Cc2ccccc2)C(=O)[C@@H]13. The van der Waals surface area contributed by atoms with Gasteiger partial charge in [-0.2, -0.15) is 0 Å². The number of anilines is 1. The molecule has 3 aliphatic rings. The summed E-state index contributed by atoms with van der Waals surface area (Å²) < 4.78 is 12.5. The zero-order valence-corrected chi connectivity index (χ0v) is 29.1. The van der Waals surface area contributed by atoms with E-state index >= 15 is 0 Å². The third-order valence-corrected chi connectivity index (χ3v) is 10.5. The number of carbonyl (C=O) groups excluding carboxylic acids is 4. The van der Waals surface area contributed by atoms with Gasteiger partial charge in [-0.15, -0.1) is 13.2 Å². The molecule has 3 heterocycles. The maximum absolute atomic E-state index is 14.9. The standard InChI is InChI=1S/C36H41BrClN3O7/c1-4-6-16-28(43)39-20-22(3)47-35(46)29-30-33(44)41(24(21-42)18-23-12-8-7-9-13-23)32(36(30)19-25(37)31(29)48-36)34(45)40(17-5-2)27-15-11-10-14-26(27)38/h4-5,7-15,22,24-25,29-32,42H,1-2,6,16-21H2,3H3,(H,39,43)/t22-,24+,25?,29-,30+,31-,32-,36+/m0/s1. The highest BCUT2D eigenvalue weighted by molar-refractivity contribution is 9.09. The fourth-order valence-corrected chi connectivity index (χ4v) is 8.48. The summed E-state index contributed by atoms with van der Waals surface area (Å²) in [7, 11) is 0. The third-order valence-electron chi connectivity index (χ3n) is 9.35. The number of nitrogens with one attached hydrogen (secondary N) is 1. The lowest BCUT2D eigenvalue weighted by molar-refractivity contribution is -0.159. The predicted molar refractivity (Wildman–Crippen MR) is 186 cm³/mol. The van der Waals surface area contributed by atoms with Crippen molar-refractivity contribution in [3.05, 3.63) is 90.5 Å². The summed E-state index contributed by atoms with van der Waals surface area (Å²) in [6.45, 7) is 8.88. The van der Waals surface area contributed by atoms with Gasteiger partial charge in [0.2, 0.25) is 11.8 Å². The summed E-state index contributed by atoms with van der Waals surface area (Å²) in [5, 5.41) is 13.9. The van der Waals surface area contributed by atoms with E-state index in [2.05, 4.69) is 34.4 Å². The van der Waals surface area contributed by atoms with E-state index in [9.17, 15) is 24.3 Å². The Labute approximate surface area is 294 Å². The average molecular weight is 743 g/mol. The highest BCUT2D eigenvalue weighted by Gasteiger charge is 2.77. The third kappa shape index (κ3) is 6.83. The summed E-state index contributed by atoms with van der Waals surface area (Å²) in [4.78, 5) is 58.2. The molecule has 0 radical (unpaired) electrons. The normalized spacial score (nSPS) is 26.8. The van der Waals surface area contributed by atoms with Crippen LogP contribution in [0.1, 0.15) is 31.7 Å². The predicted octanol–water partition coefficient (Wildman–Crippen LogP) is 4.22. The molecular weight excluding hydrogens is 702 g/mol. The second kappa shape index (κ2) is 15.4. The van der Waals surface area contributed by atoms with Crippen molar-refractivity contribution in [1.29, 1.82) is 0 Å². The fourth-order valence-electron chi connectivity index (χ4n) is 7.30. The maximum atomic E-state index is 14.9. The second-order valence-corrected chi connectivity index (χ2v) is 14.1. The Morgan fingerprint density at radius 2 is 1.90 bits per heavy atom. The number of hydrogen-bond donors (Lipinski definition) is 2. The molecule has 2 aromatic rings. The Morgan fingerprint density at radius 1 is 1.19 bits per heavy atom. The molecule has 3 fully saturated rings. The highest BCUT2D eigenvalue weighted by atomic mass is 79.9. The number of alkyl halides is 1. The molecule has 2 aromatic carbocycles. The zero-order chi connectivity index (χ0) is 34.6. The Balaban J connectivity index is 1.52. The number of halogens is 2. The Hall–Kier alpha value is -3.51. The molecule has 3 amide bonds. The van der Waals surface area contributed by atoms with Gasteiger partial charge in [0.25, 0.3) is 5.91 Å². The van der Waals surface area contributed by atoms with Crippen LogP contribution in [-0.2, 0) is 35.1 Å². The highest BCUT2D eigenvalue weighted by Crippen LogP contribution is 2.61. The lowest BCUT2D eigenvalue weighted by Gasteiger charge is -2.39. The Kier molecular flexibility index (Phi) is 11.5. The van der Waals surface area contributed by atoms with Crippen molar-refractivity contribution in [1.82, 2.24) is 10.2 Å². The van der Waals surface area contributed by atoms with Crippen LogP contribution in [0.4, 0.5) is 5.69 Å². The number of aliphatic hydroxyl groups is 1. The Morgan fingerprint density at radius 3 is 2.56 bits per heavy atom. The first-order valence-corrected chi connectivity index (χ1v) is 17.4. The van der Waals surface area contributed by atoms with Crippen LogP contribution in [0.2, 0.25) is 5.02 Å². The smallest absolute Gasteiger partial charge is 0.312 e. The van der Waals surface area contributed by atoms with Crippen LogP contribution in [0.15, 0.2) is 79.9 Å². The van der Waals surface area contributed by atoms with Gasteiger partial charge in [-0.1, -0.05) is 82.1 Å². The minimum atomic E-state index is -1.40. The fraction of sp³-hybridized carbons (Fsp3) is 0.444. The molecule has 0 aromatic heterocycles. The lowest BCUT2D eigenvalue weighted by Crippen LogP contribution is -2.59. The van der Waals surface area contributed by atoms with Crippen LogP contribution in [0.3, 0.4) is 0 Å². The molecule has 5 rings (SSSR count). The van der Waals surface area contributed by atoms with Crippen molar-refractivity contribution in [3.8, 4) is 0 Å². The number of nitrogens with zero attached hydrogens (tertiary/aromatic N) is 2. The number of aliphatic hydroxyl groups excluding tert-OH is 1. The molecule has 0 saturated carbocycles. The van der Waals surface area contributed by atoms with Gasteiger partial charge in [-0.05, 0) is 43.9 Å². The summed E-state index contributed by atoms with van der Waals surface area (Å²) >= 11 is 10.3. The van der Waals surface area contributed by atoms with E-state index in [1.54, 1.807) is 43.3 Å². The van der Waals surface area contributed by atoms with Gasteiger partial charge < -0.3 is 29.7 Å². The zero-order valence-electron chi connectivity index (χ0n) is 26.8. The molecule has 2 bridgehead atoms. The molecule has 8 atom stereocenters. The van der Waals surface area contributed by atoms with Crippen molar-refractivity contribution in [2.75, 3.05) is 24.6 Å². The first kappa shape index (κ1) is 35.8. The first-order valence-electron chi connectivity index (χ1n) is 16.1. The number of hydrogen-bond acceptors (Lipinski definition) is 7. The Bertz CT molecular complexity index is 1540. The minimum Gasteiger partial charge on any atom is -0.460 e. The van der Waals surface area contributed by atoms with E-state index in [4.69, 9.17) is 21.1 Å². The molecule has 2 N–H and O–H groups in total. The van der Waals surface area contributed by atoms with Crippen molar-refractivity contribution in [2.24, 2.45) is 11.8 Å². The lowest BCUT2D eigenvalue weighted by atomic mass is 9.70. The number of esters is 1. The topological polar surface area (TPSA) is 125 Å². The monoisotopic (exact) mass is 741 g/mol. The number of rotatable bonds is 15.